The molecule has 0 aromatic rings. The Morgan fingerprint density at radius 2 is 0.600 bits per heavy atom. The summed E-state index contributed by atoms with van der Waals surface area (Å²) in [6.07, 6.45) is 19.9. The summed E-state index contributed by atoms with van der Waals surface area (Å²) in [6.45, 7) is 0. The lowest BCUT2D eigenvalue weighted by molar-refractivity contribution is 0.242. The molecule has 0 atom stereocenters. The summed E-state index contributed by atoms with van der Waals surface area (Å²) in [7, 11) is 0. The molecule has 0 aromatic heterocycles. The average Bonchev–Trinajstić information content (AvgIpc) is 2.45. The van der Waals surface area contributed by atoms with Crippen LogP contribution in [0.3, 0.4) is 0 Å². The van der Waals surface area contributed by atoms with Crippen molar-refractivity contribution in [3.63, 3.8) is 0 Å². The third-order valence-corrected chi connectivity index (χ3v) is 4.72. The molecule has 0 aromatic carbocycles. The first-order valence-electron chi connectivity index (χ1n) is 7.47. The molecule has 15 heavy (non-hydrogen) atoms. The molecule has 0 heterocycles. The Bertz CT molecular complexity index is 145. The van der Waals surface area contributed by atoms with Crippen molar-refractivity contribution in [1.29, 1.82) is 0 Å². The first-order chi connectivity index (χ1) is 7.47. The zero-order valence-corrected chi connectivity index (χ0v) is 10.3. The predicted octanol–water partition coefficient (Wildman–Crippen LogP) is 5.32. The first-order valence-corrected chi connectivity index (χ1v) is 7.47. The largest absolute Gasteiger partial charge is 0.0533 e. The molecule has 0 bridgehead atoms. The maximum Gasteiger partial charge on any atom is -0.0386 e. The van der Waals surface area contributed by atoms with Gasteiger partial charge in [-0.05, 0) is 11.8 Å². The lowest BCUT2D eigenvalue weighted by atomic mass is 9.78. The maximum atomic E-state index is 1.56. The van der Waals surface area contributed by atoms with Crippen molar-refractivity contribution in [3.8, 4) is 0 Å². The fourth-order valence-corrected chi connectivity index (χ4v) is 3.74. The van der Waals surface area contributed by atoms with E-state index in [9.17, 15) is 0 Å². The van der Waals surface area contributed by atoms with Gasteiger partial charge in [0.1, 0.15) is 0 Å². The highest BCUT2D eigenvalue weighted by Gasteiger charge is 2.22. The third-order valence-electron chi connectivity index (χ3n) is 4.72. The number of hydrogen-bond acceptors (Lipinski definition) is 0. The SMILES string of the molecule is C1CCCC(C2CCCCCC2)CCC1. The van der Waals surface area contributed by atoms with E-state index in [-0.39, 0.29) is 0 Å². The topological polar surface area (TPSA) is 0 Å². The quantitative estimate of drug-likeness (QED) is 0.512. The highest BCUT2D eigenvalue weighted by molar-refractivity contribution is 4.74. The van der Waals surface area contributed by atoms with Gasteiger partial charge in [0.05, 0.1) is 0 Å². The van der Waals surface area contributed by atoms with E-state index >= 15 is 0 Å². The van der Waals surface area contributed by atoms with Crippen LogP contribution in [0, 0.1) is 11.8 Å². The van der Waals surface area contributed by atoms with Gasteiger partial charge >= 0.3 is 0 Å². The van der Waals surface area contributed by atoms with Crippen LogP contribution < -0.4 is 0 Å². The van der Waals surface area contributed by atoms with Gasteiger partial charge in [0.2, 0.25) is 0 Å². The summed E-state index contributed by atoms with van der Waals surface area (Å²) in [5.41, 5.74) is 0. The van der Waals surface area contributed by atoms with Gasteiger partial charge in [-0.2, -0.15) is 0 Å². The van der Waals surface area contributed by atoms with Crippen molar-refractivity contribution in [1.82, 2.24) is 0 Å². The van der Waals surface area contributed by atoms with Gasteiger partial charge in [0.25, 0.3) is 0 Å². The van der Waals surface area contributed by atoms with E-state index in [2.05, 4.69) is 0 Å². The minimum atomic E-state index is 1.11. The number of rotatable bonds is 1. The van der Waals surface area contributed by atoms with E-state index in [4.69, 9.17) is 0 Å². The molecule has 0 spiro atoms. The van der Waals surface area contributed by atoms with Gasteiger partial charge in [-0.3, -0.25) is 0 Å². The maximum absolute atomic E-state index is 1.56. The Morgan fingerprint density at radius 1 is 0.333 bits per heavy atom. The lowest BCUT2D eigenvalue weighted by Gasteiger charge is -2.27. The van der Waals surface area contributed by atoms with Crippen molar-refractivity contribution in [2.24, 2.45) is 11.8 Å². The summed E-state index contributed by atoms with van der Waals surface area (Å²) in [4.78, 5) is 0. The molecule has 0 amide bonds. The van der Waals surface area contributed by atoms with Crippen LogP contribution in [0.15, 0.2) is 0 Å². The van der Waals surface area contributed by atoms with E-state index in [1.807, 2.05) is 0 Å². The molecule has 2 aliphatic rings. The lowest BCUT2D eigenvalue weighted by Crippen LogP contribution is -2.15. The van der Waals surface area contributed by atoms with Crippen LogP contribution in [-0.4, -0.2) is 0 Å². The molecule has 2 saturated carbocycles. The van der Waals surface area contributed by atoms with Gasteiger partial charge < -0.3 is 0 Å². The Morgan fingerprint density at radius 3 is 0.933 bits per heavy atom. The van der Waals surface area contributed by atoms with Crippen molar-refractivity contribution in [2.45, 2.75) is 83.5 Å². The molecular formula is C15H28. The summed E-state index contributed by atoms with van der Waals surface area (Å²) in [5.74, 6) is 2.23. The fraction of sp³-hybridized carbons (Fsp3) is 1.00. The van der Waals surface area contributed by atoms with Crippen LogP contribution in [0.5, 0.6) is 0 Å². The van der Waals surface area contributed by atoms with Gasteiger partial charge in [-0.1, -0.05) is 83.5 Å². The van der Waals surface area contributed by atoms with Crippen molar-refractivity contribution >= 4 is 0 Å². The normalized spacial score (nSPS) is 28.0. The average molecular weight is 208 g/mol. The monoisotopic (exact) mass is 208 g/mol. The Labute approximate surface area is 95.8 Å². The van der Waals surface area contributed by atoms with E-state index in [0.29, 0.717) is 0 Å². The molecule has 2 aliphatic carbocycles. The van der Waals surface area contributed by atoms with Crippen LogP contribution in [0.4, 0.5) is 0 Å². The van der Waals surface area contributed by atoms with E-state index < -0.39 is 0 Å². The first kappa shape index (κ1) is 11.5. The van der Waals surface area contributed by atoms with E-state index in [0.717, 1.165) is 11.8 Å². The summed E-state index contributed by atoms with van der Waals surface area (Å²) in [6, 6.07) is 0. The molecule has 88 valence electrons. The van der Waals surface area contributed by atoms with Gasteiger partial charge in [-0.25, -0.2) is 0 Å². The molecule has 0 N–H and O–H groups in total. The Balaban J connectivity index is 1.82. The standard InChI is InChI=1S/C15H28/c1-2-6-10-14(11-7-3-1)15-12-8-4-5-9-13-15/h14-15H,1-13H2. The van der Waals surface area contributed by atoms with Crippen LogP contribution in [-0.2, 0) is 0 Å². The molecule has 0 saturated heterocycles. The molecule has 0 aliphatic heterocycles. The van der Waals surface area contributed by atoms with Crippen LogP contribution in [0.25, 0.3) is 0 Å². The second-order valence-electron chi connectivity index (χ2n) is 5.86. The molecular weight excluding hydrogens is 180 g/mol. The second-order valence-corrected chi connectivity index (χ2v) is 5.86. The van der Waals surface area contributed by atoms with E-state index in [1.165, 1.54) is 57.8 Å². The van der Waals surface area contributed by atoms with Crippen LogP contribution in [0.2, 0.25) is 0 Å². The smallest absolute Gasteiger partial charge is 0.0386 e. The molecule has 0 radical (unpaired) electrons. The van der Waals surface area contributed by atoms with Gasteiger partial charge in [0.15, 0.2) is 0 Å². The minimum Gasteiger partial charge on any atom is -0.0533 e. The van der Waals surface area contributed by atoms with Gasteiger partial charge in [0, 0.05) is 0 Å². The summed E-state index contributed by atoms with van der Waals surface area (Å²) in [5, 5.41) is 0. The number of hydrogen-bond donors (Lipinski definition) is 0. The van der Waals surface area contributed by atoms with E-state index in [1.54, 1.807) is 25.7 Å². The third kappa shape index (κ3) is 3.81. The zero-order chi connectivity index (χ0) is 10.3. The zero-order valence-electron chi connectivity index (χ0n) is 10.3. The Kier molecular flexibility index (Phi) is 5.02. The molecule has 0 nitrogen and oxygen atoms in total. The van der Waals surface area contributed by atoms with Crippen molar-refractivity contribution < 1.29 is 0 Å². The van der Waals surface area contributed by atoms with Crippen molar-refractivity contribution in [3.05, 3.63) is 0 Å². The summed E-state index contributed by atoms with van der Waals surface area (Å²) < 4.78 is 0. The minimum absolute atomic E-state index is 1.11. The fourth-order valence-electron chi connectivity index (χ4n) is 3.74. The second kappa shape index (κ2) is 6.55. The molecule has 0 heteroatoms. The van der Waals surface area contributed by atoms with Crippen molar-refractivity contribution in [2.75, 3.05) is 0 Å². The highest BCUT2D eigenvalue weighted by Crippen LogP contribution is 2.36. The predicted molar refractivity (Wildman–Crippen MR) is 67.0 cm³/mol. The molecule has 0 unspecified atom stereocenters. The van der Waals surface area contributed by atoms with Crippen LogP contribution in [0.1, 0.15) is 83.5 Å². The molecule has 2 fully saturated rings. The van der Waals surface area contributed by atoms with Crippen LogP contribution >= 0.6 is 0 Å². The van der Waals surface area contributed by atoms with Gasteiger partial charge in [-0.15, -0.1) is 0 Å². The highest BCUT2D eigenvalue weighted by atomic mass is 14.3. The summed E-state index contributed by atoms with van der Waals surface area (Å²) >= 11 is 0. The molecule has 2 rings (SSSR count). The Hall–Kier alpha value is 0.